The molecule has 0 atom stereocenters. The average Bonchev–Trinajstić information content (AvgIpc) is 2.29. The number of nitrogens with zero attached hydrogens (tertiary/aromatic N) is 1. The van der Waals surface area contributed by atoms with Gasteiger partial charge in [0.15, 0.2) is 0 Å². The van der Waals surface area contributed by atoms with E-state index in [4.69, 9.17) is 0 Å². The molecule has 0 saturated heterocycles. The fraction of sp³-hybridized carbons (Fsp3) is 0.250. The molecule has 0 aromatic heterocycles. The number of halogens is 1. The lowest BCUT2D eigenvalue weighted by atomic mass is 10.1. The van der Waals surface area contributed by atoms with Crippen molar-refractivity contribution in [1.82, 2.24) is 0 Å². The highest BCUT2D eigenvalue weighted by molar-refractivity contribution is 6.00. The highest BCUT2D eigenvalue weighted by Crippen LogP contribution is 2.25. The van der Waals surface area contributed by atoms with Crippen LogP contribution in [0.4, 0.5) is 10.1 Å². The summed E-state index contributed by atoms with van der Waals surface area (Å²) in [4.78, 5) is 4.44. The van der Waals surface area contributed by atoms with Gasteiger partial charge in [0, 0.05) is 5.71 Å². The molecule has 0 saturated carbocycles. The van der Waals surface area contributed by atoms with Gasteiger partial charge >= 0.3 is 0 Å². The maximum Gasteiger partial charge on any atom is 0.123 e. The van der Waals surface area contributed by atoms with Crippen LogP contribution in [0, 0.1) is 5.82 Å². The van der Waals surface area contributed by atoms with Gasteiger partial charge in [0.1, 0.15) is 5.82 Å². The van der Waals surface area contributed by atoms with Crippen molar-refractivity contribution in [3.8, 4) is 0 Å². The normalized spacial score (nSPS) is 15.4. The Labute approximate surface area is 83.0 Å². The fourth-order valence-electron chi connectivity index (χ4n) is 1.51. The molecule has 1 aromatic carbocycles. The number of hydrogen-bond donors (Lipinski definition) is 0. The zero-order valence-corrected chi connectivity index (χ0v) is 8.34. The lowest BCUT2D eigenvalue weighted by molar-refractivity contribution is 0.626. The van der Waals surface area contributed by atoms with Gasteiger partial charge in [-0.15, -0.1) is 0 Å². The molecule has 1 aliphatic heterocycles. The van der Waals surface area contributed by atoms with Crippen LogP contribution in [0.1, 0.15) is 19.4 Å². The number of aliphatic imine (C=N–C) groups is 1. The lowest BCUT2D eigenvalue weighted by Gasteiger charge is -2.01. The van der Waals surface area contributed by atoms with Crippen molar-refractivity contribution in [1.29, 1.82) is 0 Å². The van der Waals surface area contributed by atoms with Gasteiger partial charge < -0.3 is 0 Å². The number of benzene rings is 1. The molecular formula is C12H12FN. The molecule has 0 bridgehead atoms. The Kier molecular flexibility index (Phi) is 2.20. The van der Waals surface area contributed by atoms with E-state index < -0.39 is 0 Å². The van der Waals surface area contributed by atoms with Crippen LogP contribution in [-0.2, 0) is 6.42 Å². The molecule has 2 heteroatoms. The Hall–Kier alpha value is -1.44. The van der Waals surface area contributed by atoms with Crippen LogP contribution < -0.4 is 0 Å². The Morgan fingerprint density at radius 1 is 1.29 bits per heavy atom. The van der Waals surface area contributed by atoms with Crippen molar-refractivity contribution < 1.29 is 4.39 Å². The predicted octanol–water partition coefficient (Wildman–Crippen LogP) is 3.42. The first-order valence-electron chi connectivity index (χ1n) is 4.67. The summed E-state index contributed by atoms with van der Waals surface area (Å²) < 4.78 is 13.0. The molecule has 1 aliphatic rings. The van der Waals surface area contributed by atoms with Crippen molar-refractivity contribution >= 4 is 11.4 Å². The third-order valence-electron chi connectivity index (χ3n) is 2.53. The standard InChI is InChI=1S/C12H12FN/c1-8-3-4-10-7-11(13)5-6-12(10)14-9(8)2/h3,5-7H,4H2,1-2H3. The van der Waals surface area contributed by atoms with Crippen molar-refractivity contribution in [2.45, 2.75) is 20.3 Å². The molecule has 0 aliphatic carbocycles. The summed E-state index contributed by atoms with van der Waals surface area (Å²) in [6.07, 6.45) is 2.85. The number of rotatable bonds is 0. The first-order chi connectivity index (χ1) is 6.66. The van der Waals surface area contributed by atoms with E-state index in [-0.39, 0.29) is 5.82 Å². The summed E-state index contributed by atoms with van der Waals surface area (Å²) in [5.41, 5.74) is 4.02. The summed E-state index contributed by atoms with van der Waals surface area (Å²) in [6, 6.07) is 4.75. The first-order valence-corrected chi connectivity index (χ1v) is 4.67. The van der Waals surface area contributed by atoms with Crippen LogP contribution in [0.5, 0.6) is 0 Å². The average molecular weight is 189 g/mol. The van der Waals surface area contributed by atoms with E-state index >= 15 is 0 Å². The van der Waals surface area contributed by atoms with Crippen LogP contribution in [-0.4, -0.2) is 5.71 Å². The van der Waals surface area contributed by atoms with Gasteiger partial charge in [-0.05, 0) is 49.6 Å². The second-order valence-corrected chi connectivity index (χ2v) is 3.56. The molecule has 0 spiro atoms. The van der Waals surface area contributed by atoms with Gasteiger partial charge in [-0.1, -0.05) is 6.08 Å². The molecule has 0 unspecified atom stereocenters. The van der Waals surface area contributed by atoms with Crippen molar-refractivity contribution in [2.24, 2.45) is 4.99 Å². The second kappa shape index (κ2) is 3.37. The topological polar surface area (TPSA) is 12.4 Å². The minimum Gasteiger partial charge on any atom is -0.253 e. The molecule has 1 aromatic rings. The van der Waals surface area contributed by atoms with E-state index in [1.54, 1.807) is 12.1 Å². The SMILES string of the molecule is CC1=CCc2cc(F)ccc2N=C1C. The van der Waals surface area contributed by atoms with E-state index in [0.29, 0.717) is 0 Å². The summed E-state index contributed by atoms with van der Waals surface area (Å²) in [5, 5.41) is 0. The largest absolute Gasteiger partial charge is 0.253 e. The molecule has 72 valence electrons. The van der Waals surface area contributed by atoms with E-state index in [0.717, 1.165) is 23.4 Å². The summed E-state index contributed by atoms with van der Waals surface area (Å²) >= 11 is 0. The van der Waals surface area contributed by atoms with Crippen LogP contribution >= 0.6 is 0 Å². The van der Waals surface area contributed by atoms with Crippen molar-refractivity contribution in [3.63, 3.8) is 0 Å². The lowest BCUT2D eigenvalue weighted by Crippen LogP contribution is -1.90. The predicted molar refractivity (Wildman–Crippen MR) is 56.6 cm³/mol. The van der Waals surface area contributed by atoms with Gasteiger partial charge in [-0.3, -0.25) is 4.99 Å². The molecule has 1 nitrogen and oxygen atoms in total. The van der Waals surface area contributed by atoms with Gasteiger partial charge in [-0.25, -0.2) is 4.39 Å². The molecule has 14 heavy (non-hydrogen) atoms. The Morgan fingerprint density at radius 2 is 2.07 bits per heavy atom. The number of allylic oxidation sites excluding steroid dienone is 2. The third kappa shape index (κ3) is 1.60. The Morgan fingerprint density at radius 3 is 2.86 bits per heavy atom. The van der Waals surface area contributed by atoms with Crippen LogP contribution in [0.2, 0.25) is 0 Å². The van der Waals surface area contributed by atoms with Crippen molar-refractivity contribution in [3.05, 3.63) is 41.2 Å². The summed E-state index contributed by atoms with van der Waals surface area (Å²) in [7, 11) is 0. The van der Waals surface area contributed by atoms with Gasteiger partial charge in [-0.2, -0.15) is 0 Å². The molecular weight excluding hydrogens is 177 g/mol. The minimum atomic E-state index is -0.190. The van der Waals surface area contributed by atoms with E-state index in [1.165, 1.54) is 11.6 Å². The highest BCUT2D eigenvalue weighted by atomic mass is 19.1. The molecule has 1 heterocycles. The first kappa shape index (κ1) is 9.13. The number of fused-ring (bicyclic) bond motifs is 1. The zero-order chi connectivity index (χ0) is 10.1. The van der Waals surface area contributed by atoms with Gasteiger partial charge in [0.25, 0.3) is 0 Å². The van der Waals surface area contributed by atoms with Crippen LogP contribution in [0.3, 0.4) is 0 Å². The zero-order valence-electron chi connectivity index (χ0n) is 8.34. The van der Waals surface area contributed by atoms with E-state index in [2.05, 4.69) is 11.1 Å². The minimum absolute atomic E-state index is 0.190. The third-order valence-corrected chi connectivity index (χ3v) is 2.53. The molecule has 2 rings (SSSR count). The summed E-state index contributed by atoms with van der Waals surface area (Å²) in [6.45, 7) is 4.01. The molecule has 0 radical (unpaired) electrons. The molecule has 0 fully saturated rings. The van der Waals surface area contributed by atoms with Crippen LogP contribution in [0.15, 0.2) is 34.8 Å². The van der Waals surface area contributed by atoms with Crippen molar-refractivity contribution in [2.75, 3.05) is 0 Å². The Bertz CT molecular complexity index is 430. The van der Waals surface area contributed by atoms with Crippen LogP contribution in [0.25, 0.3) is 0 Å². The Balaban J connectivity index is 2.55. The maximum absolute atomic E-state index is 13.0. The van der Waals surface area contributed by atoms with E-state index in [9.17, 15) is 4.39 Å². The smallest absolute Gasteiger partial charge is 0.123 e. The highest BCUT2D eigenvalue weighted by Gasteiger charge is 2.07. The van der Waals surface area contributed by atoms with Gasteiger partial charge in [0.2, 0.25) is 0 Å². The van der Waals surface area contributed by atoms with Gasteiger partial charge in [0.05, 0.1) is 5.69 Å². The maximum atomic E-state index is 13.0. The molecule has 0 amide bonds. The quantitative estimate of drug-likeness (QED) is 0.593. The fourth-order valence-corrected chi connectivity index (χ4v) is 1.51. The number of hydrogen-bond acceptors (Lipinski definition) is 1. The van der Waals surface area contributed by atoms with E-state index in [1.807, 2.05) is 13.8 Å². The monoisotopic (exact) mass is 189 g/mol. The second-order valence-electron chi connectivity index (χ2n) is 3.56. The summed E-state index contributed by atoms with van der Waals surface area (Å²) in [5.74, 6) is -0.190. The molecule has 0 N–H and O–H groups in total.